The summed E-state index contributed by atoms with van der Waals surface area (Å²) in [5, 5.41) is 2.87. The summed E-state index contributed by atoms with van der Waals surface area (Å²) in [6.45, 7) is 10.4. The predicted octanol–water partition coefficient (Wildman–Crippen LogP) is 2.33. The summed E-state index contributed by atoms with van der Waals surface area (Å²) >= 11 is 0. The summed E-state index contributed by atoms with van der Waals surface area (Å²) in [7, 11) is 0. The molecule has 1 saturated carbocycles. The molecule has 1 saturated heterocycles. The minimum Gasteiger partial charge on any atom is -0.342 e. The van der Waals surface area contributed by atoms with Crippen molar-refractivity contribution in [3.63, 3.8) is 0 Å². The minimum absolute atomic E-state index is 0.00636. The van der Waals surface area contributed by atoms with Gasteiger partial charge in [0.25, 0.3) is 0 Å². The maximum atomic E-state index is 12.7. The molecule has 2 aliphatic rings. The van der Waals surface area contributed by atoms with Gasteiger partial charge in [0.15, 0.2) is 0 Å². The van der Waals surface area contributed by atoms with Crippen LogP contribution in [0.2, 0.25) is 0 Å². The maximum absolute atomic E-state index is 12.7. The predicted molar refractivity (Wildman–Crippen MR) is 79.1 cm³/mol. The van der Waals surface area contributed by atoms with Gasteiger partial charge in [0.1, 0.15) is 12.1 Å². The van der Waals surface area contributed by atoms with Gasteiger partial charge in [-0.2, -0.15) is 0 Å². The molecule has 0 radical (unpaired) electrons. The van der Waals surface area contributed by atoms with Gasteiger partial charge in [-0.05, 0) is 43.9 Å². The fourth-order valence-corrected chi connectivity index (χ4v) is 3.42. The number of nitrogens with one attached hydrogen (secondary N) is 1. The van der Waals surface area contributed by atoms with E-state index in [9.17, 15) is 9.59 Å². The number of carbonyl (C=O) groups is 2. The van der Waals surface area contributed by atoms with Crippen molar-refractivity contribution in [2.75, 3.05) is 0 Å². The Hall–Kier alpha value is -1.06. The lowest BCUT2D eigenvalue weighted by Gasteiger charge is -2.46. The van der Waals surface area contributed by atoms with Crippen molar-refractivity contribution in [1.29, 1.82) is 0 Å². The Balaban J connectivity index is 2.15. The molecular formula is C16H28N2O2. The zero-order valence-electron chi connectivity index (χ0n) is 13.4. The highest BCUT2D eigenvalue weighted by molar-refractivity contribution is 5.97. The SMILES string of the molecule is CC(C)C1NC(=O)C(C)N(C2CCC(C)(C)CC2)C1=O. The van der Waals surface area contributed by atoms with Gasteiger partial charge >= 0.3 is 0 Å². The van der Waals surface area contributed by atoms with Crippen molar-refractivity contribution in [2.45, 2.75) is 78.4 Å². The lowest BCUT2D eigenvalue weighted by molar-refractivity contribution is -0.154. The molecule has 2 fully saturated rings. The summed E-state index contributed by atoms with van der Waals surface area (Å²) in [4.78, 5) is 26.7. The molecule has 20 heavy (non-hydrogen) atoms. The van der Waals surface area contributed by atoms with E-state index in [4.69, 9.17) is 0 Å². The average Bonchev–Trinajstić information content (AvgIpc) is 2.35. The Labute approximate surface area is 122 Å². The molecular weight excluding hydrogens is 252 g/mol. The molecule has 2 atom stereocenters. The van der Waals surface area contributed by atoms with Crippen LogP contribution in [0, 0.1) is 11.3 Å². The van der Waals surface area contributed by atoms with Crippen molar-refractivity contribution >= 4 is 11.8 Å². The second kappa shape index (κ2) is 5.38. The third-order valence-corrected chi connectivity index (χ3v) is 4.98. The van der Waals surface area contributed by atoms with Gasteiger partial charge in [-0.15, -0.1) is 0 Å². The van der Waals surface area contributed by atoms with Gasteiger partial charge in [0.05, 0.1) is 0 Å². The topological polar surface area (TPSA) is 49.4 Å². The normalized spacial score (nSPS) is 31.6. The van der Waals surface area contributed by atoms with Crippen LogP contribution in [0.3, 0.4) is 0 Å². The fourth-order valence-electron chi connectivity index (χ4n) is 3.42. The lowest BCUT2D eigenvalue weighted by Crippen LogP contribution is -2.66. The molecule has 1 aliphatic heterocycles. The van der Waals surface area contributed by atoms with Crippen LogP contribution in [-0.4, -0.2) is 34.8 Å². The van der Waals surface area contributed by atoms with E-state index in [0.29, 0.717) is 5.41 Å². The first-order chi connectivity index (χ1) is 9.23. The van der Waals surface area contributed by atoms with Crippen LogP contribution in [0.15, 0.2) is 0 Å². The number of rotatable bonds is 2. The lowest BCUT2D eigenvalue weighted by atomic mass is 9.74. The highest BCUT2D eigenvalue weighted by Crippen LogP contribution is 2.38. The molecule has 0 spiro atoms. The Morgan fingerprint density at radius 3 is 2.25 bits per heavy atom. The minimum atomic E-state index is -0.353. The smallest absolute Gasteiger partial charge is 0.246 e. The van der Waals surface area contributed by atoms with Crippen molar-refractivity contribution in [3.8, 4) is 0 Å². The molecule has 0 aromatic carbocycles. The summed E-state index contributed by atoms with van der Waals surface area (Å²) in [6, 6.07) is -0.449. The summed E-state index contributed by atoms with van der Waals surface area (Å²) in [5.41, 5.74) is 0.373. The Kier molecular flexibility index (Phi) is 4.12. The molecule has 114 valence electrons. The van der Waals surface area contributed by atoms with E-state index in [0.717, 1.165) is 25.7 Å². The number of carbonyl (C=O) groups excluding carboxylic acids is 2. The molecule has 1 N–H and O–H groups in total. The van der Waals surface area contributed by atoms with Gasteiger partial charge in [-0.3, -0.25) is 9.59 Å². The molecule has 2 rings (SSSR count). The molecule has 0 aromatic rings. The maximum Gasteiger partial charge on any atom is 0.246 e. The van der Waals surface area contributed by atoms with Crippen molar-refractivity contribution in [3.05, 3.63) is 0 Å². The third-order valence-electron chi connectivity index (χ3n) is 4.98. The first-order valence-electron chi connectivity index (χ1n) is 7.85. The number of amides is 2. The van der Waals surface area contributed by atoms with Gasteiger partial charge < -0.3 is 10.2 Å². The van der Waals surface area contributed by atoms with E-state index in [1.807, 2.05) is 25.7 Å². The number of hydrogen-bond acceptors (Lipinski definition) is 2. The molecule has 1 aliphatic carbocycles. The molecule has 2 unspecified atom stereocenters. The first-order valence-corrected chi connectivity index (χ1v) is 7.85. The molecule has 0 aromatic heterocycles. The Morgan fingerprint density at radius 1 is 1.20 bits per heavy atom. The summed E-state index contributed by atoms with van der Waals surface area (Å²) in [5.74, 6) is 0.242. The van der Waals surface area contributed by atoms with E-state index in [-0.39, 0.29) is 35.9 Å². The quantitative estimate of drug-likeness (QED) is 0.844. The highest BCUT2D eigenvalue weighted by Gasteiger charge is 2.43. The molecule has 2 amide bonds. The number of hydrogen-bond donors (Lipinski definition) is 1. The monoisotopic (exact) mass is 280 g/mol. The standard InChI is InChI=1S/C16H28N2O2/c1-10(2)13-15(20)18(11(3)14(19)17-13)12-6-8-16(4,5)9-7-12/h10-13H,6-9H2,1-5H3,(H,17,19). The Morgan fingerprint density at radius 2 is 1.75 bits per heavy atom. The number of nitrogens with zero attached hydrogens (tertiary/aromatic N) is 1. The summed E-state index contributed by atoms with van der Waals surface area (Å²) < 4.78 is 0. The van der Waals surface area contributed by atoms with E-state index in [2.05, 4.69) is 19.2 Å². The van der Waals surface area contributed by atoms with Crippen LogP contribution in [0.5, 0.6) is 0 Å². The van der Waals surface area contributed by atoms with Gasteiger partial charge in [0.2, 0.25) is 11.8 Å². The van der Waals surface area contributed by atoms with E-state index in [1.54, 1.807) is 0 Å². The highest BCUT2D eigenvalue weighted by atomic mass is 16.2. The summed E-state index contributed by atoms with van der Waals surface area (Å²) in [6.07, 6.45) is 4.28. The first kappa shape index (κ1) is 15.3. The van der Waals surface area contributed by atoms with Crippen molar-refractivity contribution < 1.29 is 9.59 Å². The second-order valence-electron chi connectivity index (χ2n) is 7.55. The van der Waals surface area contributed by atoms with Crippen molar-refractivity contribution in [2.24, 2.45) is 11.3 Å². The van der Waals surface area contributed by atoms with Gasteiger partial charge in [-0.25, -0.2) is 0 Å². The molecule has 4 nitrogen and oxygen atoms in total. The Bertz CT molecular complexity index is 393. The van der Waals surface area contributed by atoms with Gasteiger partial charge in [-0.1, -0.05) is 27.7 Å². The van der Waals surface area contributed by atoms with E-state index >= 15 is 0 Å². The van der Waals surface area contributed by atoms with Crippen LogP contribution < -0.4 is 5.32 Å². The van der Waals surface area contributed by atoms with Crippen molar-refractivity contribution in [1.82, 2.24) is 10.2 Å². The van der Waals surface area contributed by atoms with Crippen LogP contribution in [-0.2, 0) is 9.59 Å². The second-order valence-corrected chi connectivity index (χ2v) is 7.55. The van der Waals surface area contributed by atoms with Gasteiger partial charge in [0, 0.05) is 6.04 Å². The number of piperazine rings is 1. The zero-order chi connectivity index (χ0) is 15.1. The fraction of sp³-hybridized carbons (Fsp3) is 0.875. The molecule has 1 heterocycles. The van der Waals surface area contributed by atoms with E-state index in [1.165, 1.54) is 0 Å². The van der Waals surface area contributed by atoms with Crippen LogP contribution in [0.1, 0.15) is 60.3 Å². The largest absolute Gasteiger partial charge is 0.342 e. The third kappa shape index (κ3) is 2.84. The zero-order valence-corrected chi connectivity index (χ0v) is 13.4. The molecule has 0 bridgehead atoms. The van der Waals surface area contributed by atoms with Crippen LogP contribution in [0.4, 0.5) is 0 Å². The molecule has 4 heteroatoms. The van der Waals surface area contributed by atoms with Crippen LogP contribution >= 0.6 is 0 Å². The average molecular weight is 280 g/mol. The van der Waals surface area contributed by atoms with E-state index < -0.39 is 0 Å². The van der Waals surface area contributed by atoms with Crippen LogP contribution in [0.25, 0.3) is 0 Å².